The molecule has 0 bridgehead atoms. The van der Waals surface area contributed by atoms with Gasteiger partial charge < -0.3 is 15.2 Å². The smallest absolute Gasteiger partial charge is 0.261 e. The van der Waals surface area contributed by atoms with Gasteiger partial charge in [-0.2, -0.15) is 0 Å². The lowest BCUT2D eigenvalue weighted by atomic mass is 10.2. The fourth-order valence-corrected chi connectivity index (χ4v) is 4.23. The van der Waals surface area contributed by atoms with Crippen LogP contribution in [0.2, 0.25) is 0 Å². The van der Waals surface area contributed by atoms with E-state index in [-0.39, 0.29) is 16.2 Å². The zero-order valence-electron chi connectivity index (χ0n) is 18.7. The first-order valence-electron chi connectivity index (χ1n) is 10.6. The number of anilines is 2. The Labute approximate surface area is 202 Å². The molecule has 178 valence electrons. The van der Waals surface area contributed by atoms with Crippen molar-refractivity contribution in [3.05, 3.63) is 90.8 Å². The van der Waals surface area contributed by atoms with Crippen LogP contribution < -0.4 is 14.8 Å². The molecule has 3 aromatic carbocycles. The SMILES string of the molecule is CCOc1ccc(NS(=O)(=O)c2ccc(C(=O)Nc3cnc(-c4cccc(O)c4)nc3)cc2)cc1. The normalized spacial score (nSPS) is 11.0. The molecule has 9 nitrogen and oxygen atoms in total. The van der Waals surface area contributed by atoms with E-state index in [0.717, 1.165) is 0 Å². The zero-order valence-corrected chi connectivity index (χ0v) is 19.5. The van der Waals surface area contributed by atoms with E-state index in [1.165, 1.54) is 42.7 Å². The van der Waals surface area contributed by atoms with Crippen molar-refractivity contribution in [1.82, 2.24) is 9.97 Å². The topological polar surface area (TPSA) is 131 Å². The van der Waals surface area contributed by atoms with Gasteiger partial charge in [0.05, 0.1) is 29.6 Å². The van der Waals surface area contributed by atoms with Crippen LogP contribution in [0.25, 0.3) is 11.4 Å². The first kappa shape index (κ1) is 23.7. The van der Waals surface area contributed by atoms with Gasteiger partial charge in [0.2, 0.25) is 0 Å². The number of amides is 1. The van der Waals surface area contributed by atoms with E-state index in [4.69, 9.17) is 4.74 Å². The number of hydrogen-bond donors (Lipinski definition) is 3. The van der Waals surface area contributed by atoms with E-state index >= 15 is 0 Å². The van der Waals surface area contributed by atoms with Crippen LogP contribution in [0, 0.1) is 0 Å². The van der Waals surface area contributed by atoms with Gasteiger partial charge in [-0.1, -0.05) is 12.1 Å². The number of aromatic hydroxyl groups is 1. The van der Waals surface area contributed by atoms with Gasteiger partial charge in [0, 0.05) is 16.8 Å². The summed E-state index contributed by atoms with van der Waals surface area (Å²) >= 11 is 0. The molecule has 1 heterocycles. The Hall–Kier alpha value is -4.44. The molecule has 4 rings (SSSR count). The Bertz CT molecular complexity index is 1420. The number of carbonyl (C=O) groups excluding carboxylic acids is 1. The number of rotatable bonds is 8. The molecule has 0 aliphatic rings. The Morgan fingerprint density at radius 2 is 1.63 bits per heavy atom. The molecule has 35 heavy (non-hydrogen) atoms. The molecule has 0 spiro atoms. The van der Waals surface area contributed by atoms with E-state index in [9.17, 15) is 18.3 Å². The number of phenolic OH excluding ortho intramolecular Hbond substituents is 1. The average Bonchev–Trinajstić information content (AvgIpc) is 2.86. The number of phenols is 1. The zero-order chi connectivity index (χ0) is 24.8. The minimum Gasteiger partial charge on any atom is -0.508 e. The van der Waals surface area contributed by atoms with Crippen molar-refractivity contribution in [2.45, 2.75) is 11.8 Å². The van der Waals surface area contributed by atoms with Gasteiger partial charge in [-0.3, -0.25) is 9.52 Å². The summed E-state index contributed by atoms with van der Waals surface area (Å²) in [4.78, 5) is 21.0. The summed E-state index contributed by atoms with van der Waals surface area (Å²) in [5, 5.41) is 12.3. The van der Waals surface area contributed by atoms with E-state index in [1.54, 1.807) is 42.5 Å². The number of benzene rings is 3. The Kier molecular flexibility index (Phi) is 6.93. The van der Waals surface area contributed by atoms with Crippen molar-refractivity contribution in [2.24, 2.45) is 0 Å². The third kappa shape index (κ3) is 5.92. The second kappa shape index (κ2) is 10.2. The van der Waals surface area contributed by atoms with Gasteiger partial charge in [0.15, 0.2) is 5.82 Å². The minimum atomic E-state index is -3.83. The molecular formula is C25H22N4O5S. The first-order chi connectivity index (χ1) is 16.8. The molecule has 0 saturated carbocycles. The third-order valence-electron chi connectivity index (χ3n) is 4.86. The summed E-state index contributed by atoms with van der Waals surface area (Å²) in [6.07, 6.45) is 2.90. The monoisotopic (exact) mass is 490 g/mol. The number of sulfonamides is 1. The molecule has 1 amide bonds. The summed E-state index contributed by atoms with van der Waals surface area (Å²) in [5.74, 6) is 0.699. The Morgan fingerprint density at radius 1 is 0.943 bits per heavy atom. The van der Waals surface area contributed by atoms with Crippen LogP contribution in [0.5, 0.6) is 11.5 Å². The fraction of sp³-hybridized carbons (Fsp3) is 0.0800. The second-order valence-corrected chi connectivity index (χ2v) is 9.07. The second-order valence-electron chi connectivity index (χ2n) is 7.39. The molecule has 0 unspecified atom stereocenters. The predicted octanol–water partition coefficient (Wildman–Crippen LogP) is 4.30. The highest BCUT2D eigenvalue weighted by molar-refractivity contribution is 7.92. The molecule has 3 N–H and O–H groups in total. The highest BCUT2D eigenvalue weighted by Gasteiger charge is 2.16. The Morgan fingerprint density at radius 3 is 2.26 bits per heavy atom. The predicted molar refractivity (Wildman–Crippen MR) is 132 cm³/mol. The molecular weight excluding hydrogens is 468 g/mol. The summed E-state index contributed by atoms with van der Waals surface area (Å²) in [6.45, 7) is 2.38. The number of carbonyl (C=O) groups is 1. The van der Waals surface area contributed by atoms with Gasteiger partial charge in [0.1, 0.15) is 11.5 Å². The molecule has 0 saturated heterocycles. The van der Waals surface area contributed by atoms with Crippen molar-refractivity contribution in [3.63, 3.8) is 0 Å². The van der Waals surface area contributed by atoms with Gasteiger partial charge in [0.25, 0.3) is 15.9 Å². The van der Waals surface area contributed by atoms with E-state index in [1.807, 2.05) is 6.92 Å². The standard InChI is InChI=1S/C25H22N4O5S/c1-2-34-22-10-8-19(9-11-22)29-35(32,33)23-12-6-17(7-13-23)25(31)28-20-15-26-24(27-16-20)18-4-3-5-21(30)14-18/h3-16,29-30H,2H2,1H3,(H,28,31). The van der Waals surface area contributed by atoms with Gasteiger partial charge in [-0.25, -0.2) is 18.4 Å². The summed E-state index contributed by atoms with van der Waals surface area (Å²) in [6, 6.07) is 18.6. The largest absolute Gasteiger partial charge is 0.508 e. The van der Waals surface area contributed by atoms with Crippen LogP contribution in [0.15, 0.2) is 90.1 Å². The van der Waals surface area contributed by atoms with Crippen LogP contribution >= 0.6 is 0 Å². The highest BCUT2D eigenvalue weighted by Crippen LogP contribution is 2.22. The summed E-state index contributed by atoms with van der Waals surface area (Å²) in [7, 11) is -3.83. The molecule has 4 aromatic rings. The van der Waals surface area contributed by atoms with Gasteiger partial charge in [-0.15, -0.1) is 0 Å². The maximum absolute atomic E-state index is 12.7. The Balaban J connectivity index is 1.41. The molecule has 0 radical (unpaired) electrons. The number of hydrogen-bond acceptors (Lipinski definition) is 7. The minimum absolute atomic E-state index is 0.0155. The first-order valence-corrected chi connectivity index (χ1v) is 12.1. The van der Waals surface area contributed by atoms with Crippen molar-refractivity contribution in [2.75, 3.05) is 16.6 Å². The molecule has 10 heteroatoms. The maximum Gasteiger partial charge on any atom is 0.261 e. The van der Waals surface area contributed by atoms with E-state index < -0.39 is 15.9 Å². The number of nitrogens with one attached hydrogen (secondary N) is 2. The lowest BCUT2D eigenvalue weighted by molar-refractivity contribution is 0.102. The van der Waals surface area contributed by atoms with Crippen molar-refractivity contribution in [1.29, 1.82) is 0 Å². The number of nitrogens with zero attached hydrogens (tertiary/aromatic N) is 2. The summed E-state index contributed by atoms with van der Waals surface area (Å²) in [5.41, 5.74) is 1.66. The van der Waals surface area contributed by atoms with Crippen molar-refractivity contribution >= 4 is 27.3 Å². The molecule has 1 aromatic heterocycles. The van der Waals surface area contributed by atoms with Crippen LogP contribution in [-0.2, 0) is 10.0 Å². The number of aromatic nitrogens is 2. The van der Waals surface area contributed by atoms with E-state index in [0.29, 0.717) is 35.1 Å². The summed E-state index contributed by atoms with van der Waals surface area (Å²) < 4.78 is 33.2. The van der Waals surface area contributed by atoms with Crippen LogP contribution in [0.3, 0.4) is 0 Å². The van der Waals surface area contributed by atoms with E-state index in [2.05, 4.69) is 20.0 Å². The third-order valence-corrected chi connectivity index (χ3v) is 6.26. The van der Waals surface area contributed by atoms with Crippen LogP contribution in [0.4, 0.5) is 11.4 Å². The van der Waals surface area contributed by atoms with Gasteiger partial charge in [-0.05, 0) is 67.6 Å². The number of ether oxygens (including phenoxy) is 1. The quantitative estimate of drug-likeness (QED) is 0.336. The molecule has 0 aliphatic carbocycles. The molecule has 0 aliphatic heterocycles. The van der Waals surface area contributed by atoms with Crippen LogP contribution in [-0.4, -0.2) is 36.0 Å². The van der Waals surface area contributed by atoms with Crippen molar-refractivity contribution in [3.8, 4) is 22.9 Å². The lowest BCUT2D eigenvalue weighted by Gasteiger charge is -2.10. The van der Waals surface area contributed by atoms with Crippen LogP contribution in [0.1, 0.15) is 17.3 Å². The molecule has 0 atom stereocenters. The fourth-order valence-electron chi connectivity index (χ4n) is 3.18. The average molecular weight is 491 g/mol. The molecule has 0 fully saturated rings. The van der Waals surface area contributed by atoms with Crippen molar-refractivity contribution < 1.29 is 23.1 Å². The highest BCUT2D eigenvalue weighted by atomic mass is 32.2. The maximum atomic E-state index is 12.7. The van der Waals surface area contributed by atoms with Gasteiger partial charge >= 0.3 is 0 Å². The lowest BCUT2D eigenvalue weighted by Crippen LogP contribution is -2.15.